The maximum atomic E-state index is 2.33. The van der Waals surface area contributed by atoms with Crippen molar-refractivity contribution in [2.45, 2.75) is 12.8 Å². The number of rotatable bonds is 1. The molecule has 0 radical (unpaired) electrons. The SMILES string of the molecule is CC=C1C=c2ccccc2=C1C1C=Cc2ccccc21.[Cl-].[Cl-].[Zr+2]. The van der Waals surface area contributed by atoms with Gasteiger partial charge in [-0.05, 0) is 45.7 Å². The normalized spacial score (nSPS) is 18.2. The standard InChI is InChI=1S/C20H16.2ClH.Zr/c1-2-14-13-16-8-4-6-10-18(16)20(14)19-12-11-15-7-3-5-9-17(15)19;;;/h2-13,19H,1H3;2*1H;/q;;;+2/p-2. The molecule has 23 heavy (non-hydrogen) atoms. The van der Waals surface area contributed by atoms with Crippen LogP contribution in [0.4, 0.5) is 0 Å². The van der Waals surface area contributed by atoms with Crippen LogP contribution in [-0.4, -0.2) is 0 Å². The summed E-state index contributed by atoms with van der Waals surface area (Å²) in [6, 6.07) is 17.4. The molecule has 0 amide bonds. The summed E-state index contributed by atoms with van der Waals surface area (Å²) < 4.78 is 0. The summed E-state index contributed by atoms with van der Waals surface area (Å²) in [6.45, 7) is 2.13. The summed E-state index contributed by atoms with van der Waals surface area (Å²) in [5.74, 6) is 0.386. The second-order valence-electron chi connectivity index (χ2n) is 5.35. The number of hydrogen-bond acceptors (Lipinski definition) is 0. The first-order chi connectivity index (χ1) is 9.88. The number of halogens is 2. The first kappa shape index (κ1) is 20.2. The van der Waals surface area contributed by atoms with Gasteiger partial charge < -0.3 is 24.8 Å². The molecule has 0 N–H and O–H groups in total. The van der Waals surface area contributed by atoms with E-state index in [0.29, 0.717) is 5.92 Å². The van der Waals surface area contributed by atoms with Crippen LogP contribution in [0.15, 0.2) is 66.3 Å². The second kappa shape index (κ2) is 8.29. The van der Waals surface area contributed by atoms with Crippen LogP contribution < -0.4 is 35.3 Å². The van der Waals surface area contributed by atoms with Crippen molar-refractivity contribution >= 4 is 17.7 Å². The molecule has 2 aromatic rings. The van der Waals surface area contributed by atoms with E-state index < -0.39 is 0 Å². The van der Waals surface area contributed by atoms with Gasteiger partial charge in [-0.2, -0.15) is 0 Å². The number of fused-ring (bicyclic) bond motifs is 2. The molecule has 0 aliphatic heterocycles. The van der Waals surface area contributed by atoms with Crippen LogP contribution in [0.5, 0.6) is 0 Å². The molecule has 114 valence electrons. The molecular formula is C20H16Cl2Zr. The fourth-order valence-corrected chi connectivity index (χ4v) is 3.36. The number of benzene rings is 2. The van der Waals surface area contributed by atoms with Gasteiger partial charge in [0.25, 0.3) is 0 Å². The van der Waals surface area contributed by atoms with Crippen LogP contribution in [0.25, 0.3) is 17.7 Å². The van der Waals surface area contributed by atoms with Crippen molar-refractivity contribution in [3.63, 3.8) is 0 Å². The Kier molecular flexibility index (Phi) is 7.27. The van der Waals surface area contributed by atoms with Gasteiger partial charge in [-0.15, -0.1) is 0 Å². The minimum Gasteiger partial charge on any atom is -1.00 e. The fraction of sp³-hybridized carbons (Fsp3) is 0.100. The van der Waals surface area contributed by atoms with Gasteiger partial charge in [0.1, 0.15) is 0 Å². The number of allylic oxidation sites excluding steroid dienone is 3. The zero-order chi connectivity index (χ0) is 13.5. The van der Waals surface area contributed by atoms with Crippen LogP contribution in [0.2, 0.25) is 0 Å². The molecule has 4 rings (SSSR count). The molecule has 2 aliphatic carbocycles. The molecule has 0 fully saturated rings. The van der Waals surface area contributed by atoms with Gasteiger partial charge in [-0.3, -0.25) is 0 Å². The van der Waals surface area contributed by atoms with E-state index in [1.165, 1.54) is 32.7 Å². The van der Waals surface area contributed by atoms with E-state index in [2.05, 4.69) is 79.8 Å². The molecule has 1 unspecified atom stereocenters. The van der Waals surface area contributed by atoms with E-state index >= 15 is 0 Å². The Bertz CT molecular complexity index is 879. The zero-order valence-corrected chi connectivity index (χ0v) is 16.7. The average Bonchev–Trinajstić information content (AvgIpc) is 3.07. The van der Waals surface area contributed by atoms with Crippen molar-refractivity contribution in [2.24, 2.45) is 0 Å². The van der Waals surface area contributed by atoms with Gasteiger partial charge in [0.2, 0.25) is 0 Å². The average molecular weight is 418 g/mol. The molecule has 0 bridgehead atoms. The van der Waals surface area contributed by atoms with Gasteiger partial charge in [-0.25, -0.2) is 0 Å². The van der Waals surface area contributed by atoms with Crippen LogP contribution in [-0.2, 0) is 26.2 Å². The molecule has 0 heterocycles. The minimum absolute atomic E-state index is 0. The van der Waals surface area contributed by atoms with E-state index in [1.54, 1.807) is 0 Å². The van der Waals surface area contributed by atoms with Crippen molar-refractivity contribution in [1.82, 2.24) is 0 Å². The minimum atomic E-state index is 0. The Morgan fingerprint density at radius 3 is 2.39 bits per heavy atom. The van der Waals surface area contributed by atoms with E-state index in [-0.39, 0.29) is 51.0 Å². The smallest absolute Gasteiger partial charge is 1.00 e. The van der Waals surface area contributed by atoms with Gasteiger partial charge in [-0.1, -0.05) is 66.8 Å². The third-order valence-electron chi connectivity index (χ3n) is 4.29. The van der Waals surface area contributed by atoms with Crippen molar-refractivity contribution < 1.29 is 51.0 Å². The first-order valence-electron chi connectivity index (χ1n) is 7.13. The topological polar surface area (TPSA) is 0 Å². The maximum Gasteiger partial charge on any atom is 2.00 e. The molecule has 2 aliphatic rings. The molecule has 0 spiro atoms. The summed E-state index contributed by atoms with van der Waals surface area (Å²) >= 11 is 0. The summed E-state index contributed by atoms with van der Waals surface area (Å²) in [6.07, 6.45) is 9.12. The maximum absolute atomic E-state index is 2.33. The largest absolute Gasteiger partial charge is 2.00 e. The Hall–Kier alpha value is -0.877. The van der Waals surface area contributed by atoms with Gasteiger partial charge in [0, 0.05) is 5.92 Å². The molecule has 1 atom stereocenters. The van der Waals surface area contributed by atoms with Crippen molar-refractivity contribution in [3.05, 3.63) is 87.8 Å². The quantitative estimate of drug-likeness (QED) is 0.477. The van der Waals surface area contributed by atoms with E-state index in [0.717, 1.165) is 0 Å². The summed E-state index contributed by atoms with van der Waals surface area (Å²) in [5.41, 5.74) is 5.58. The molecule has 0 saturated carbocycles. The molecule has 0 saturated heterocycles. The van der Waals surface area contributed by atoms with Crippen LogP contribution in [0.1, 0.15) is 24.0 Å². The Morgan fingerprint density at radius 1 is 0.913 bits per heavy atom. The third-order valence-corrected chi connectivity index (χ3v) is 4.29. The Balaban J connectivity index is 0.000000882. The summed E-state index contributed by atoms with van der Waals surface area (Å²) in [5, 5.41) is 2.72. The molecule has 3 heteroatoms. The summed E-state index contributed by atoms with van der Waals surface area (Å²) in [7, 11) is 0. The van der Waals surface area contributed by atoms with Crippen molar-refractivity contribution in [1.29, 1.82) is 0 Å². The predicted octanol–water partition coefficient (Wildman–Crippen LogP) is -2.61. The Morgan fingerprint density at radius 2 is 1.61 bits per heavy atom. The van der Waals surface area contributed by atoms with E-state index in [9.17, 15) is 0 Å². The van der Waals surface area contributed by atoms with Crippen molar-refractivity contribution in [2.75, 3.05) is 0 Å². The molecular weight excluding hydrogens is 402 g/mol. The fourth-order valence-electron chi connectivity index (χ4n) is 3.36. The molecule has 2 aromatic carbocycles. The Labute approximate surface area is 168 Å². The second-order valence-corrected chi connectivity index (χ2v) is 5.35. The van der Waals surface area contributed by atoms with Gasteiger partial charge in [0.05, 0.1) is 0 Å². The zero-order valence-electron chi connectivity index (χ0n) is 12.8. The van der Waals surface area contributed by atoms with Gasteiger partial charge in [0.15, 0.2) is 0 Å². The monoisotopic (exact) mass is 416 g/mol. The summed E-state index contributed by atoms with van der Waals surface area (Å²) in [4.78, 5) is 0. The number of hydrogen-bond donors (Lipinski definition) is 0. The van der Waals surface area contributed by atoms with Crippen LogP contribution in [0.3, 0.4) is 0 Å². The van der Waals surface area contributed by atoms with E-state index in [1.807, 2.05) is 0 Å². The van der Waals surface area contributed by atoms with Crippen molar-refractivity contribution in [3.8, 4) is 0 Å². The van der Waals surface area contributed by atoms with E-state index in [4.69, 9.17) is 0 Å². The predicted molar refractivity (Wildman–Crippen MR) is 85.5 cm³/mol. The molecule has 0 nitrogen and oxygen atoms in total. The van der Waals surface area contributed by atoms with Gasteiger partial charge >= 0.3 is 26.2 Å². The third kappa shape index (κ3) is 3.34. The van der Waals surface area contributed by atoms with Crippen LogP contribution in [0, 0.1) is 0 Å². The van der Waals surface area contributed by atoms with Crippen LogP contribution >= 0.6 is 0 Å². The molecule has 0 aromatic heterocycles. The first-order valence-corrected chi connectivity index (χ1v) is 7.13.